The van der Waals surface area contributed by atoms with Crippen molar-refractivity contribution in [2.75, 3.05) is 7.11 Å². The van der Waals surface area contributed by atoms with E-state index >= 15 is 0 Å². The van der Waals surface area contributed by atoms with Crippen LogP contribution in [0.3, 0.4) is 0 Å². The van der Waals surface area contributed by atoms with Crippen molar-refractivity contribution in [2.45, 2.75) is 77.5 Å². The lowest BCUT2D eigenvalue weighted by atomic mass is 9.85. The molecule has 2 aliphatic rings. The molecule has 3 aromatic rings. The fourth-order valence-electron chi connectivity index (χ4n) is 5.19. The van der Waals surface area contributed by atoms with E-state index in [1.54, 1.807) is 23.7 Å². The second-order valence-electron chi connectivity index (χ2n) is 11.2. The molecule has 1 N–H and O–H groups in total. The number of Topliss-reactive ketones (excluding diaryl/α,β-unsaturated/α-hetero) is 2. The molecule has 0 saturated heterocycles. The van der Waals surface area contributed by atoms with Gasteiger partial charge in [0, 0.05) is 44.1 Å². The van der Waals surface area contributed by atoms with Crippen LogP contribution in [0.15, 0.2) is 60.8 Å². The van der Waals surface area contributed by atoms with Crippen LogP contribution in [0.5, 0.6) is 5.75 Å². The van der Waals surface area contributed by atoms with E-state index in [9.17, 15) is 19.2 Å². The van der Waals surface area contributed by atoms with Gasteiger partial charge in [0.2, 0.25) is 5.91 Å². The van der Waals surface area contributed by atoms with E-state index in [0.29, 0.717) is 30.8 Å². The highest BCUT2D eigenvalue weighted by Crippen LogP contribution is 2.21. The molecule has 0 aliphatic carbocycles. The third-order valence-electron chi connectivity index (χ3n) is 7.69. The minimum absolute atomic E-state index is 0.0313. The number of aryl methyl sites for hydroxylation is 1. The van der Waals surface area contributed by atoms with Crippen molar-refractivity contribution in [3.05, 3.63) is 77.6 Å². The Hall–Kier alpha value is -4.34. The number of ether oxygens (including phenoxy) is 2. The van der Waals surface area contributed by atoms with Crippen molar-refractivity contribution in [2.24, 2.45) is 11.8 Å². The minimum Gasteiger partial charge on any atom is -0.487 e. The predicted molar refractivity (Wildman–Crippen MR) is 159 cm³/mol. The van der Waals surface area contributed by atoms with E-state index in [4.69, 9.17) is 9.47 Å². The fraction of sp³-hybridized carbons (Fsp3) is 0.455. The van der Waals surface area contributed by atoms with Crippen molar-refractivity contribution in [3.8, 4) is 5.75 Å². The van der Waals surface area contributed by atoms with Crippen LogP contribution in [-0.2, 0) is 49.9 Å². The first kappa shape index (κ1) is 31.6. The van der Waals surface area contributed by atoms with Crippen molar-refractivity contribution < 1.29 is 28.7 Å². The Labute approximate surface area is 252 Å². The number of esters is 1. The van der Waals surface area contributed by atoms with Crippen LogP contribution in [0.25, 0.3) is 0 Å². The van der Waals surface area contributed by atoms with E-state index in [1.165, 1.54) is 7.11 Å². The summed E-state index contributed by atoms with van der Waals surface area (Å²) in [6.45, 7) is 2.61. The summed E-state index contributed by atoms with van der Waals surface area (Å²) in [4.78, 5) is 52.2. The van der Waals surface area contributed by atoms with Crippen molar-refractivity contribution in [3.63, 3.8) is 0 Å². The van der Waals surface area contributed by atoms with E-state index < -0.39 is 29.8 Å². The van der Waals surface area contributed by atoms with Gasteiger partial charge in [-0.1, -0.05) is 61.0 Å². The number of carbonyl (C=O) groups excluding carboxylic acids is 4. The lowest BCUT2D eigenvalue weighted by Crippen LogP contribution is -2.45. The molecule has 4 bridgehead atoms. The summed E-state index contributed by atoms with van der Waals surface area (Å²) < 4.78 is 12.6. The normalized spacial score (nSPS) is 21.3. The zero-order valence-electron chi connectivity index (χ0n) is 24.9. The van der Waals surface area contributed by atoms with Crippen LogP contribution < -0.4 is 10.1 Å². The molecule has 5 rings (SSSR count). The van der Waals surface area contributed by atoms with Gasteiger partial charge < -0.3 is 14.8 Å². The molecule has 1 aromatic heterocycles. The fourth-order valence-corrected chi connectivity index (χ4v) is 5.19. The molecule has 3 atom stereocenters. The van der Waals surface area contributed by atoms with Crippen molar-refractivity contribution >= 4 is 23.4 Å². The van der Waals surface area contributed by atoms with Gasteiger partial charge in [-0.25, -0.2) is 4.79 Å². The number of methoxy groups -OCH3 is 1. The number of benzene rings is 2. The lowest BCUT2D eigenvalue weighted by Gasteiger charge is -2.21. The average molecular weight is 589 g/mol. The van der Waals surface area contributed by atoms with E-state index in [0.717, 1.165) is 30.4 Å². The largest absolute Gasteiger partial charge is 0.487 e. The molecular formula is C33H40N4O6. The third-order valence-corrected chi connectivity index (χ3v) is 7.69. The SMILES string of the molecule is COC(=O)[C@@H]1Cc2ccc(cc2)OCc2cn(nn2)CCCCCC(=O)C[C@@H](Cc2ccccc2)C(=O)C[C@@H](C)C(=O)N1. The highest BCUT2D eigenvalue weighted by Gasteiger charge is 2.29. The maximum atomic E-state index is 13.5. The maximum Gasteiger partial charge on any atom is 0.328 e. The predicted octanol–water partition coefficient (Wildman–Crippen LogP) is 4.04. The number of nitrogens with zero attached hydrogens (tertiary/aromatic N) is 3. The number of ketones is 2. The van der Waals surface area contributed by atoms with Crippen molar-refractivity contribution in [1.82, 2.24) is 20.3 Å². The van der Waals surface area contributed by atoms with Gasteiger partial charge in [-0.05, 0) is 42.5 Å². The summed E-state index contributed by atoms with van der Waals surface area (Å²) in [6, 6.07) is 15.9. The van der Waals surface area contributed by atoms with E-state index in [-0.39, 0.29) is 37.4 Å². The van der Waals surface area contributed by atoms with Crippen LogP contribution in [0, 0.1) is 11.8 Å². The Morgan fingerprint density at radius 1 is 1.00 bits per heavy atom. The quantitative estimate of drug-likeness (QED) is 0.454. The number of fused-ring (bicyclic) bond motifs is 17. The van der Waals surface area contributed by atoms with E-state index in [1.807, 2.05) is 48.7 Å². The summed E-state index contributed by atoms with van der Waals surface area (Å²) in [5.41, 5.74) is 2.47. The molecule has 0 spiro atoms. The molecule has 10 nitrogen and oxygen atoms in total. The second-order valence-corrected chi connectivity index (χ2v) is 11.2. The topological polar surface area (TPSA) is 129 Å². The monoisotopic (exact) mass is 588 g/mol. The Balaban J connectivity index is 1.51. The smallest absolute Gasteiger partial charge is 0.328 e. The van der Waals surface area contributed by atoms with Crippen LogP contribution in [0.4, 0.5) is 0 Å². The van der Waals surface area contributed by atoms with Crippen LogP contribution >= 0.6 is 0 Å². The zero-order chi connectivity index (χ0) is 30.6. The number of hydrogen-bond donors (Lipinski definition) is 1. The second kappa shape index (κ2) is 15.8. The lowest BCUT2D eigenvalue weighted by molar-refractivity contribution is -0.145. The molecule has 10 heteroatoms. The standard InChI is InChI=1S/C33H40N4O6/c1-23-17-31(39)26(18-24-9-5-3-6-10-24)20-28(38)11-7-4-8-16-37-21-27(35-36-37)22-43-29-14-12-25(13-15-29)19-30(33(41)42-2)34-32(23)40/h3,5-6,9-10,12-15,21,23,26,30H,4,7-8,11,16-20,22H2,1-2H3,(H,34,40)/t23-,26-,30+/m1/s1. The Morgan fingerprint density at radius 3 is 2.51 bits per heavy atom. The molecule has 43 heavy (non-hydrogen) atoms. The Kier molecular flexibility index (Phi) is 11.6. The van der Waals surface area contributed by atoms with Gasteiger partial charge in [0.05, 0.1) is 13.3 Å². The highest BCUT2D eigenvalue weighted by atomic mass is 16.5. The number of hydrogen-bond acceptors (Lipinski definition) is 8. The molecule has 1 amide bonds. The maximum absolute atomic E-state index is 13.5. The highest BCUT2D eigenvalue weighted by molar-refractivity contribution is 5.92. The molecule has 0 saturated carbocycles. The molecule has 228 valence electrons. The van der Waals surface area contributed by atoms with E-state index in [2.05, 4.69) is 15.6 Å². The first-order valence-corrected chi connectivity index (χ1v) is 14.9. The average Bonchev–Trinajstić information content (AvgIpc) is 3.47. The third kappa shape index (κ3) is 9.87. The summed E-state index contributed by atoms with van der Waals surface area (Å²) in [7, 11) is 1.27. The van der Waals surface area contributed by atoms with Gasteiger partial charge >= 0.3 is 5.97 Å². The van der Waals surface area contributed by atoms with Crippen LogP contribution in [-0.4, -0.2) is 51.6 Å². The Morgan fingerprint density at radius 2 is 1.77 bits per heavy atom. The summed E-state index contributed by atoms with van der Waals surface area (Å²) in [5.74, 6) is -1.68. The number of carbonyl (C=O) groups is 4. The van der Waals surface area contributed by atoms with Gasteiger partial charge in [0.1, 0.15) is 35.7 Å². The van der Waals surface area contributed by atoms with Gasteiger partial charge in [-0.15, -0.1) is 5.10 Å². The summed E-state index contributed by atoms with van der Waals surface area (Å²) >= 11 is 0. The van der Waals surface area contributed by atoms with Gasteiger partial charge in [0.15, 0.2) is 0 Å². The summed E-state index contributed by atoms with van der Waals surface area (Å²) in [6.07, 6.45) is 5.40. The first-order valence-electron chi connectivity index (χ1n) is 14.9. The van der Waals surface area contributed by atoms with Gasteiger partial charge in [-0.3, -0.25) is 19.1 Å². The number of nitrogens with one attached hydrogen (secondary N) is 1. The van der Waals surface area contributed by atoms with Crippen LogP contribution in [0.1, 0.15) is 62.3 Å². The van der Waals surface area contributed by atoms with Gasteiger partial charge in [0.25, 0.3) is 0 Å². The first-order chi connectivity index (χ1) is 20.8. The molecule has 0 unspecified atom stereocenters. The van der Waals surface area contributed by atoms with Gasteiger partial charge in [-0.2, -0.15) is 0 Å². The minimum atomic E-state index is -0.927. The molecule has 0 fully saturated rings. The molecule has 0 radical (unpaired) electrons. The molecule has 2 aliphatic heterocycles. The number of rotatable bonds is 3. The number of amides is 1. The Bertz CT molecular complexity index is 1370. The van der Waals surface area contributed by atoms with Crippen molar-refractivity contribution in [1.29, 1.82) is 0 Å². The zero-order valence-corrected chi connectivity index (χ0v) is 24.9. The summed E-state index contributed by atoms with van der Waals surface area (Å²) in [5, 5.41) is 11.1. The number of aromatic nitrogens is 3. The molecule has 3 heterocycles. The molecular weight excluding hydrogens is 548 g/mol. The molecule has 2 aromatic carbocycles. The van der Waals surface area contributed by atoms with Crippen LogP contribution in [0.2, 0.25) is 0 Å².